The van der Waals surface area contributed by atoms with Gasteiger partial charge in [-0.05, 0) is 18.6 Å². The van der Waals surface area contributed by atoms with Gasteiger partial charge in [0, 0.05) is 25.2 Å². The van der Waals surface area contributed by atoms with Gasteiger partial charge in [-0.15, -0.1) is 0 Å². The van der Waals surface area contributed by atoms with E-state index in [0.717, 1.165) is 23.0 Å². The summed E-state index contributed by atoms with van der Waals surface area (Å²) in [6.07, 6.45) is 2.32. The van der Waals surface area contributed by atoms with Gasteiger partial charge in [0.05, 0.1) is 17.3 Å². The number of carbonyl (C=O) groups is 1. The average Bonchev–Trinajstić information content (AvgIpc) is 3.26. The quantitative estimate of drug-likeness (QED) is 0.768. The number of para-hydroxylation sites is 1. The molecule has 23 heavy (non-hydrogen) atoms. The lowest BCUT2D eigenvalue weighted by molar-refractivity contribution is 0.0790. The Morgan fingerprint density at radius 2 is 2.26 bits per heavy atom. The fraction of sp³-hybridized carbons (Fsp3) is 0.312. The molecule has 1 aromatic carbocycles. The first-order valence-corrected chi connectivity index (χ1v) is 7.57. The first-order valence-electron chi connectivity index (χ1n) is 7.57. The van der Waals surface area contributed by atoms with Crippen molar-refractivity contribution < 1.29 is 9.53 Å². The zero-order valence-electron chi connectivity index (χ0n) is 12.7. The molecule has 0 bridgehead atoms. The summed E-state index contributed by atoms with van der Waals surface area (Å²) in [7, 11) is 1.87. The van der Waals surface area contributed by atoms with E-state index in [2.05, 4.69) is 20.6 Å². The normalized spacial score (nSPS) is 20.9. The summed E-state index contributed by atoms with van der Waals surface area (Å²) >= 11 is 0. The summed E-state index contributed by atoms with van der Waals surface area (Å²) in [6, 6.07) is 9.41. The van der Waals surface area contributed by atoms with E-state index in [-0.39, 0.29) is 18.1 Å². The SMILES string of the molecule is Cn1nccc1[C@H]1OCC[C@@H]1NC(=O)c1n[nH]c2ccccc12. The summed E-state index contributed by atoms with van der Waals surface area (Å²) in [5.74, 6) is -0.190. The van der Waals surface area contributed by atoms with E-state index in [1.54, 1.807) is 10.9 Å². The number of hydrogen-bond donors (Lipinski definition) is 2. The minimum Gasteiger partial charge on any atom is -0.370 e. The molecule has 2 atom stereocenters. The minimum absolute atomic E-state index is 0.0895. The Kier molecular flexibility index (Phi) is 3.34. The molecule has 118 valence electrons. The highest BCUT2D eigenvalue weighted by Gasteiger charge is 2.33. The number of benzene rings is 1. The number of carbonyl (C=O) groups excluding carboxylic acids is 1. The molecule has 1 amide bonds. The van der Waals surface area contributed by atoms with Crippen molar-refractivity contribution in [3.8, 4) is 0 Å². The smallest absolute Gasteiger partial charge is 0.272 e. The number of aromatic amines is 1. The van der Waals surface area contributed by atoms with Gasteiger partial charge in [-0.1, -0.05) is 18.2 Å². The van der Waals surface area contributed by atoms with Crippen LogP contribution in [0.4, 0.5) is 0 Å². The zero-order valence-corrected chi connectivity index (χ0v) is 12.7. The maximum Gasteiger partial charge on any atom is 0.272 e. The van der Waals surface area contributed by atoms with Gasteiger partial charge < -0.3 is 10.1 Å². The fourth-order valence-corrected chi connectivity index (χ4v) is 3.07. The fourth-order valence-electron chi connectivity index (χ4n) is 3.07. The molecule has 2 aromatic heterocycles. The molecule has 2 N–H and O–H groups in total. The van der Waals surface area contributed by atoms with Crippen molar-refractivity contribution in [1.82, 2.24) is 25.3 Å². The Labute approximate surface area is 132 Å². The van der Waals surface area contributed by atoms with Gasteiger partial charge in [0.15, 0.2) is 5.69 Å². The van der Waals surface area contributed by atoms with Crippen LogP contribution >= 0.6 is 0 Å². The van der Waals surface area contributed by atoms with E-state index in [4.69, 9.17) is 4.74 Å². The summed E-state index contributed by atoms with van der Waals surface area (Å²) < 4.78 is 7.57. The van der Waals surface area contributed by atoms with E-state index in [9.17, 15) is 4.79 Å². The Hall–Kier alpha value is -2.67. The van der Waals surface area contributed by atoms with Crippen LogP contribution in [0.25, 0.3) is 10.9 Å². The molecule has 0 spiro atoms. The minimum atomic E-state index is -0.190. The molecule has 0 aliphatic carbocycles. The number of aryl methyl sites for hydroxylation is 1. The van der Waals surface area contributed by atoms with Crippen LogP contribution in [0.15, 0.2) is 36.5 Å². The Bertz CT molecular complexity index is 853. The van der Waals surface area contributed by atoms with Crippen LogP contribution in [0.5, 0.6) is 0 Å². The average molecular weight is 311 g/mol. The van der Waals surface area contributed by atoms with Crippen LogP contribution in [-0.4, -0.2) is 38.5 Å². The number of rotatable bonds is 3. The molecule has 1 aliphatic heterocycles. The van der Waals surface area contributed by atoms with Gasteiger partial charge >= 0.3 is 0 Å². The van der Waals surface area contributed by atoms with Crippen LogP contribution in [0.3, 0.4) is 0 Å². The van der Waals surface area contributed by atoms with E-state index in [0.29, 0.717) is 12.3 Å². The van der Waals surface area contributed by atoms with Gasteiger partial charge in [0.2, 0.25) is 0 Å². The lowest BCUT2D eigenvalue weighted by Crippen LogP contribution is -2.37. The number of aromatic nitrogens is 4. The molecular formula is C16H17N5O2. The number of ether oxygens (including phenoxy) is 1. The lowest BCUT2D eigenvalue weighted by atomic mass is 10.1. The molecule has 1 fully saturated rings. The predicted octanol–water partition coefficient (Wildman–Crippen LogP) is 1.56. The largest absolute Gasteiger partial charge is 0.370 e. The number of amides is 1. The highest BCUT2D eigenvalue weighted by Crippen LogP contribution is 2.29. The van der Waals surface area contributed by atoms with Gasteiger partial charge in [0.1, 0.15) is 6.10 Å². The highest BCUT2D eigenvalue weighted by atomic mass is 16.5. The standard InChI is InChI=1S/C16H17N5O2/c1-21-13(6-8-17-21)15-12(7-9-23-15)18-16(22)14-10-4-2-3-5-11(10)19-20-14/h2-6,8,12,15H,7,9H2,1H3,(H,18,22)(H,19,20)/t12-,15-/m0/s1. The number of nitrogens with one attached hydrogen (secondary N) is 2. The molecule has 3 aromatic rings. The number of H-pyrrole nitrogens is 1. The van der Waals surface area contributed by atoms with Crippen molar-refractivity contribution >= 4 is 16.8 Å². The van der Waals surface area contributed by atoms with Crippen molar-refractivity contribution in [2.45, 2.75) is 18.6 Å². The Morgan fingerprint density at radius 3 is 3.09 bits per heavy atom. The molecular weight excluding hydrogens is 294 g/mol. The molecule has 7 nitrogen and oxygen atoms in total. The number of hydrogen-bond acceptors (Lipinski definition) is 4. The van der Waals surface area contributed by atoms with Crippen LogP contribution in [-0.2, 0) is 11.8 Å². The molecule has 1 aliphatic rings. The third kappa shape index (κ3) is 2.39. The first kappa shape index (κ1) is 14.0. The van der Waals surface area contributed by atoms with Gasteiger partial charge in [0.25, 0.3) is 5.91 Å². The van der Waals surface area contributed by atoms with Crippen LogP contribution < -0.4 is 5.32 Å². The number of fused-ring (bicyclic) bond motifs is 1. The summed E-state index contributed by atoms with van der Waals surface area (Å²) in [5, 5.41) is 15.1. The van der Waals surface area contributed by atoms with Gasteiger partial charge in [-0.3, -0.25) is 14.6 Å². The molecule has 4 rings (SSSR count). The summed E-state index contributed by atoms with van der Waals surface area (Å²) in [4.78, 5) is 12.6. The molecule has 1 saturated heterocycles. The van der Waals surface area contributed by atoms with Crippen molar-refractivity contribution in [3.05, 3.63) is 47.9 Å². The summed E-state index contributed by atoms with van der Waals surface area (Å²) in [5.41, 5.74) is 2.22. The predicted molar refractivity (Wildman–Crippen MR) is 83.9 cm³/mol. The molecule has 0 unspecified atom stereocenters. The van der Waals surface area contributed by atoms with E-state index < -0.39 is 0 Å². The maximum absolute atomic E-state index is 12.6. The monoisotopic (exact) mass is 311 g/mol. The van der Waals surface area contributed by atoms with Crippen LogP contribution in [0, 0.1) is 0 Å². The molecule has 0 radical (unpaired) electrons. The molecule has 0 saturated carbocycles. The number of nitrogens with zero attached hydrogens (tertiary/aromatic N) is 3. The Balaban J connectivity index is 1.57. The zero-order chi connectivity index (χ0) is 15.8. The second kappa shape index (κ2) is 5.51. The topological polar surface area (TPSA) is 84.8 Å². The lowest BCUT2D eigenvalue weighted by Gasteiger charge is -2.19. The van der Waals surface area contributed by atoms with E-state index >= 15 is 0 Å². The van der Waals surface area contributed by atoms with Crippen molar-refractivity contribution in [2.75, 3.05) is 6.61 Å². The van der Waals surface area contributed by atoms with E-state index in [1.165, 1.54) is 0 Å². The van der Waals surface area contributed by atoms with Crippen molar-refractivity contribution in [3.63, 3.8) is 0 Å². The van der Waals surface area contributed by atoms with Crippen molar-refractivity contribution in [1.29, 1.82) is 0 Å². The summed E-state index contributed by atoms with van der Waals surface area (Å²) in [6.45, 7) is 0.613. The third-order valence-electron chi connectivity index (χ3n) is 4.24. The van der Waals surface area contributed by atoms with Gasteiger partial charge in [-0.2, -0.15) is 10.2 Å². The second-order valence-corrected chi connectivity index (χ2v) is 5.66. The van der Waals surface area contributed by atoms with Crippen molar-refractivity contribution in [2.24, 2.45) is 7.05 Å². The Morgan fingerprint density at radius 1 is 1.39 bits per heavy atom. The van der Waals surface area contributed by atoms with E-state index in [1.807, 2.05) is 37.4 Å². The van der Waals surface area contributed by atoms with Crippen LogP contribution in [0.2, 0.25) is 0 Å². The second-order valence-electron chi connectivity index (χ2n) is 5.66. The maximum atomic E-state index is 12.6. The third-order valence-corrected chi connectivity index (χ3v) is 4.24. The first-order chi connectivity index (χ1) is 11.2. The molecule has 7 heteroatoms. The molecule has 3 heterocycles. The highest BCUT2D eigenvalue weighted by molar-refractivity contribution is 6.04. The van der Waals surface area contributed by atoms with Gasteiger partial charge in [-0.25, -0.2) is 0 Å². The van der Waals surface area contributed by atoms with Crippen LogP contribution in [0.1, 0.15) is 28.7 Å².